The van der Waals surface area contributed by atoms with Gasteiger partial charge in [0.05, 0.1) is 101 Å². The summed E-state index contributed by atoms with van der Waals surface area (Å²) in [4.78, 5) is 241. The van der Waals surface area contributed by atoms with Crippen molar-refractivity contribution in [3.63, 3.8) is 0 Å². The van der Waals surface area contributed by atoms with Crippen LogP contribution in [0.2, 0.25) is 0 Å². The Morgan fingerprint density at radius 2 is 0.655 bits per heavy atom. The molecular formula is C72H90N22O37P7S7-7. The molecule has 16 heterocycles. The quantitative estimate of drug-likeness (QED) is 0.0140. The lowest BCUT2D eigenvalue weighted by Gasteiger charge is -2.36. The SMILES string of the molecule is CC[C@H]1O[C@@H](n2cc(C)c(=O)[nH]c2=O)C[C@H]1OP([O-])(=S)OC[C@H]1O[C@@H](n2cc(C)c(=O)[nH]c2=O)C[C@H]1OP(=O)([S-])OC[C@H]1O[C@@H](n2cc(C)c(=O)[nH]c2=O)C[C@H]1OP([O-])(=S)OC[C@H]1O[C@@H](n2cnc3c(=O)[nH]c(N)nc32)C[C@H]1OP([O-])(=S)OC[C@H]1O[C@@H](n2cnc3c(N)ncnc32)C[C@H]1OP([O-])(=S)OC[C@H]1O[C@@H](n2cc(C)c(N)nc2=O)C[C@H]1OP([O-])(=S)OC[C@H]1O[C@@H](n2cc(C)c(N)nc2=O)C[C@H]1OP([O-])(=S)OC. The number of nitrogens with zero attached hydrogens (tertiary/aromatic N) is 14. The van der Waals surface area contributed by atoms with Crippen molar-refractivity contribution < 1.29 is 130 Å². The Kier molecular flexibility index (Phi) is 34.1. The summed E-state index contributed by atoms with van der Waals surface area (Å²) >= 11 is 37.9. The Morgan fingerprint density at radius 3 is 1.00 bits per heavy atom. The summed E-state index contributed by atoms with van der Waals surface area (Å²) in [6, 6.07) is 0. The third-order valence-electron chi connectivity index (χ3n) is 23.9. The first kappa shape index (κ1) is 111. The molecule has 145 heavy (non-hydrogen) atoms. The standard InChI is InChI=1S/C72H97N22O37P7S7/c1-8-35-36(9-49(118-35)90-18-32(4)63(95)85-70(90)101)126-133(105,140)112-22-45-39(12-52(121-45)91-19-33(5)64(96)86-71(91)102)128-135(107,142)114-24-46-40(13-53(122-46)92-20-34(6)65(97)87-72(92)103)129-136(108,143)117-26-48-42(15-55(124-48)94-29-80-57-62(94)83-67(76)84-66(57)98)131-138(110,145)116-25-47-41(14-54(123-47)93-28-79-56-60(75)77-27-78-61(56)93)130-137(109,144)115-23-44-38(11-51(120-44)89-17-31(3)59(74)82-69(89)100)127-134(106,141)113-21-43-37(125-132(104,139)111-7)10-50(119-43)88-16-30(2)58(73)81-68(88)99/h16-20,27-29,35-55H,8-15,21-26H2,1-7H3,(H,104,139)(H,105,140)(H,106,141)(H,107,142)(H,108,143)(H,109,144)(H,110,145)(H2,73,81,99)(H2,74,82,100)(H2,75,77,78)(H,85,95,101)(H,86,96,102)(H,87,97,103)(H3,76,83,84,98)/p-7/t35-,36-,37-,38-,39-,40-,41-,42-,43-,44-,45-,46-,47-,48-,49-,50-,51-,52-,53-,54-,55-,132?,133?,134?,135?,136?,137?,138?/m1/s1. The zero-order valence-corrected chi connectivity index (χ0v) is 88.3. The van der Waals surface area contributed by atoms with Gasteiger partial charge >= 0.3 is 28.4 Å². The summed E-state index contributed by atoms with van der Waals surface area (Å²) in [6.45, 7) is -29.9. The van der Waals surface area contributed by atoms with Crippen LogP contribution in [0.25, 0.3) is 22.3 Å². The van der Waals surface area contributed by atoms with Crippen LogP contribution < -0.4 is 103 Å². The second kappa shape index (κ2) is 44.5. The number of aryl methyl sites for hydroxylation is 5. The third kappa shape index (κ3) is 26.3. The first-order valence-corrected chi connectivity index (χ1v) is 61.3. The third-order valence-corrected chi connectivity index (χ3v) is 35.0. The number of ether oxygens (including phenoxy) is 7. The number of nitrogens with one attached hydrogen (secondary N) is 4. The van der Waals surface area contributed by atoms with Crippen LogP contribution in [0.4, 0.5) is 23.4 Å². The van der Waals surface area contributed by atoms with Gasteiger partial charge in [0.15, 0.2) is 29.4 Å². The maximum Gasteiger partial charge on any atom is 0.351 e. The lowest BCUT2D eigenvalue weighted by atomic mass is 10.1. The number of rotatable bonds is 41. The summed E-state index contributed by atoms with van der Waals surface area (Å²) in [5.41, 5.74) is 17.3. The van der Waals surface area contributed by atoms with Gasteiger partial charge in [-0.25, -0.2) is 43.9 Å². The van der Waals surface area contributed by atoms with Gasteiger partial charge in [0.1, 0.15) is 144 Å². The van der Waals surface area contributed by atoms with Crippen molar-refractivity contribution in [3.05, 3.63) is 172 Å². The van der Waals surface area contributed by atoms with Crippen molar-refractivity contribution in [1.29, 1.82) is 0 Å². The van der Waals surface area contributed by atoms with Crippen LogP contribution in [0, 0.1) is 34.6 Å². The van der Waals surface area contributed by atoms with E-state index in [4.69, 9.17) is 203 Å². The van der Waals surface area contributed by atoms with E-state index in [1.165, 1.54) is 61.7 Å². The molecule has 9 aromatic rings. The van der Waals surface area contributed by atoms with Gasteiger partial charge < -0.3 is 161 Å². The fourth-order valence-electron chi connectivity index (χ4n) is 16.7. The Bertz CT molecular complexity index is 7390. The van der Waals surface area contributed by atoms with E-state index in [-0.39, 0.29) is 94.5 Å². The largest absolute Gasteiger partial charge is 0.780 e. The highest BCUT2D eigenvalue weighted by Gasteiger charge is 2.49. The van der Waals surface area contributed by atoms with Crippen LogP contribution in [-0.4, -0.2) is 219 Å². The highest BCUT2D eigenvalue weighted by atomic mass is 32.7. The topological polar surface area (TPSA) is 795 Å². The lowest BCUT2D eigenvalue weighted by Crippen LogP contribution is -2.34. The minimum Gasteiger partial charge on any atom is -0.780 e. The van der Waals surface area contributed by atoms with E-state index in [1.807, 2.05) is 0 Å². The van der Waals surface area contributed by atoms with Gasteiger partial charge in [-0.2, -0.15) is 15.0 Å². The van der Waals surface area contributed by atoms with Gasteiger partial charge in [-0.05, 0) is 41.0 Å². The molecule has 0 aliphatic carbocycles. The van der Waals surface area contributed by atoms with E-state index in [0.29, 0.717) is 11.1 Å². The molecule has 0 aromatic carbocycles. The molecule has 7 saturated heterocycles. The zero-order valence-electron chi connectivity index (χ0n) is 76.3. The molecule has 7 aliphatic heterocycles. The van der Waals surface area contributed by atoms with Gasteiger partial charge in [-0.1, -0.05) is 77.8 Å². The van der Waals surface area contributed by atoms with Crippen LogP contribution in [0.15, 0.2) is 93.1 Å². The first-order valence-electron chi connectivity index (χ1n) is 43.4. The number of hydrogen-bond acceptors (Lipinski definition) is 55. The average molecular weight is 2300 g/mol. The van der Waals surface area contributed by atoms with Crippen molar-refractivity contribution in [1.82, 2.24) is 86.8 Å². The second-order valence-corrected chi connectivity index (χ2v) is 52.9. The van der Waals surface area contributed by atoms with Crippen molar-refractivity contribution in [2.24, 2.45) is 0 Å². The summed E-state index contributed by atoms with van der Waals surface area (Å²) in [6.07, 6.45) is -21.3. The van der Waals surface area contributed by atoms with E-state index in [1.54, 1.807) is 13.8 Å². The number of imidazole rings is 2. The minimum absolute atomic E-state index is 0.00419. The molecule has 16 rings (SSSR count). The zero-order chi connectivity index (χ0) is 105. The van der Waals surface area contributed by atoms with E-state index in [0.717, 1.165) is 55.0 Å². The van der Waals surface area contributed by atoms with Crippen molar-refractivity contribution in [3.8, 4) is 0 Å². The van der Waals surface area contributed by atoms with Crippen molar-refractivity contribution in [2.45, 2.75) is 222 Å². The molecule has 12 N–H and O–H groups in total. The van der Waals surface area contributed by atoms with E-state index >= 15 is 4.89 Å². The number of nitrogen functional groups attached to an aromatic ring is 4. The second-order valence-electron chi connectivity index (χ2n) is 33.8. The molecule has 7 aliphatic rings. The Labute approximate surface area is 850 Å². The molecule has 0 saturated carbocycles. The van der Waals surface area contributed by atoms with Gasteiger partial charge in [0.2, 0.25) is 5.95 Å². The van der Waals surface area contributed by atoms with E-state index < -0.39 is 286 Å². The molecule has 73 heteroatoms. The van der Waals surface area contributed by atoms with Crippen molar-refractivity contribution in [2.75, 3.05) is 69.7 Å². The minimum atomic E-state index is -5.07. The molecule has 0 amide bonds. The number of aromatic nitrogens is 18. The van der Waals surface area contributed by atoms with Gasteiger partial charge in [-0.3, -0.25) is 75.6 Å². The number of nitrogens with two attached hydrogens (primary N) is 4. The Balaban J connectivity index is 0.614. The monoisotopic (exact) mass is 2300 g/mol. The number of H-pyrrole nitrogens is 4. The Morgan fingerprint density at radius 1 is 0.366 bits per heavy atom. The van der Waals surface area contributed by atoms with Crippen molar-refractivity contribution >= 4 is 176 Å². The molecule has 59 nitrogen and oxygen atoms in total. The number of anilines is 4. The highest BCUT2D eigenvalue weighted by molar-refractivity contribution is 8.32. The molecule has 0 radical (unpaired) electrons. The van der Waals surface area contributed by atoms with Gasteiger partial charge in [0, 0.05) is 111 Å². The molecule has 9 aromatic heterocycles. The molecule has 0 spiro atoms. The highest BCUT2D eigenvalue weighted by Crippen LogP contribution is 2.57. The van der Waals surface area contributed by atoms with E-state index in [2.05, 4.69) is 54.8 Å². The fraction of sp³-hybridized carbons (Fsp3) is 0.583. The molecule has 794 valence electrons. The maximum atomic E-state index is 15.1. The first-order chi connectivity index (χ1) is 68.2. The predicted molar refractivity (Wildman–Crippen MR) is 513 cm³/mol. The molecule has 0 bridgehead atoms. The lowest BCUT2D eigenvalue weighted by molar-refractivity contribution is -0.221. The molecule has 7 unspecified atom stereocenters. The van der Waals surface area contributed by atoms with Gasteiger partial charge in [-0.15, -0.1) is 0 Å². The van der Waals surface area contributed by atoms with Crippen LogP contribution in [0.1, 0.15) is 130 Å². The van der Waals surface area contributed by atoms with Crippen LogP contribution in [0.3, 0.4) is 0 Å². The molecular weight excluding hydrogens is 2210 g/mol. The molecule has 28 atom stereocenters. The molecule has 7 fully saturated rings. The summed E-state index contributed by atoms with van der Waals surface area (Å²) < 4.78 is 148. The van der Waals surface area contributed by atoms with E-state index in [9.17, 15) is 72.2 Å². The Hall–Kier alpha value is -6.70. The summed E-state index contributed by atoms with van der Waals surface area (Å²) in [7, 11) is 1.03. The fourth-order valence-corrected chi connectivity index (χ4v) is 26.4. The summed E-state index contributed by atoms with van der Waals surface area (Å²) in [5.74, 6) is -0.610. The van der Waals surface area contributed by atoms with Crippen LogP contribution in [0.5, 0.6) is 0 Å². The van der Waals surface area contributed by atoms with Gasteiger partial charge in [0.25, 0.3) is 22.2 Å². The maximum absolute atomic E-state index is 15.1. The van der Waals surface area contributed by atoms with Crippen LogP contribution >= 0.6 is 47.1 Å². The normalized spacial score (nSPS) is 29.5. The number of hydrogen-bond donors (Lipinski definition) is 8. The smallest absolute Gasteiger partial charge is 0.351 e. The number of aromatic amines is 4. The van der Waals surface area contributed by atoms with Crippen LogP contribution in [-0.2, 0) is 184 Å². The average Bonchev–Trinajstić information content (AvgIpc) is 1.60. The number of fused-ring (bicyclic) bond motifs is 2. The summed E-state index contributed by atoms with van der Waals surface area (Å²) in [5, 5.41) is 0. The predicted octanol–water partition coefficient (Wildman–Crippen LogP) is -2.98.